The van der Waals surface area contributed by atoms with Gasteiger partial charge < -0.3 is 15.2 Å². The molecule has 2 aromatic carbocycles. The Morgan fingerprint density at radius 1 is 1.32 bits per heavy atom. The first-order valence-electron chi connectivity index (χ1n) is 8.48. The van der Waals surface area contributed by atoms with Crippen LogP contribution in [-0.4, -0.2) is 23.7 Å². The number of hydrogen-bond donors (Lipinski definition) is 2. The van der Waals surface area contributed by atoms with Crippen molar-refractivity contribution in [1.82, 2.24) is 0 Å². The van der Waals surface area contributed by atoms with E-state index in [0.717, 1.165) is 23.2 Å². The fourth-order valence-corrected chi connectivity index (χ4v) is 3.19. The lowest BCUT2D eigenvalue weighted by molar-refractivity contribution is -0.137. The van der Waals surface area contributed by atoms with Gasteiger partial charge in [-0.2, -0.15) is 0 Å². The molecule has 0 aromatic heterocycles. The SMILES string of the molecule is Cc1cc(-c2ccc3c(c2)NC(C)C3)cc(F)c1OCCCC(=O)O. The Hall–Kier alpha value is -2.56. The number of rotatable bonds is 6. The number of hydrogen-bond acceptors (Lipinski definition) is 3. The van der Waals surface area contributed by atoms with Crippen molar-refractivity contribution in [3.05, 3.63) is 47.3 Å². The molecule has 2 N–H and O–H groups in total. The molecule has 0 fully saturated rings. The highest BCUT2D eigenvalue weighted by Gasteiger charge is 2.18. The second-order valence-electron chi connectivity index (χ2n) is 6.57. The lowest BCUT2D eigenvalue weighted by Gasteiger charge is -2.13. The number of aryl methyl sites for hydroxylation is 1. The van der Waals surface area contributed by atoms with Crippen LogP contribution in [0.2, 0.25) is 0 Å². The minimum Gasteiger partial charge on any atom is -0.490 e. The summed E-state index contributed by atoms with van der Waals surface area (Å²) in [4.78, 5) is 10.5. The Bertz CT molecular complexity index is 781. The number of halogens is 1. The summed E-state index contributed by atoms with van der Waals surface area (Å²) in [6.45, 7) is 4.12. The molecule has 1 heterocycles. The van der Waals surface area contributed by atoms with Crippen molar-refractivity contribution in [1.29, 1.82) is 0 Å². The molecule has 0 saturated carbocycles. The third-order valence-electron chi connectivity index (χ3n) is 4.38. The van der Waals surface area contributed by atoms with Crippen molar-refractivity contribution in [2.24, 2.45) is 0 Å². The number of carboxylic acids is 1. The smallest absolute Gasteiger partial charge is 0.303 e. The monoisotopic (exact) mass is 343 g/mol. The van der Waals surface area contributed by atoms with E-state index in [-0.39, 0.29) is 18.8 Å². The molecule has 3 rings (SSSR count). The number of nitrogens with one attached hydrogen (secondary N) is 1. The molecule has 1 unspecified atom stereocenters. The van der Waals surface area contributed by atoms with E-state index < -0.39 is 11.8 Å². The molecule has 0 saturated heterocycles. The number of carboxylic acid groups (broad SMARTS) is 1. The number of fused-ring (bicyclic) bond motifs is 1. The third-order valence-corrected chi connectivity index (χ3v) is 4.38. The highest BCUT2D eigenvalue weighted by Crippen LogP contribution is 2.34. The zero-order valence-electron chi connectivity index (χ0n) is 14.4. The van der Waals surface area contributed by atoms with Gasteiger partial charge >= 0.3 is 5.97 Å². The number of carbonyl (C=O) groups is 1. The van der Waals surface area contributed by atoms with Crippen molar-refractivity contribution in [3.63, 3.8) is 0 Å². The zero-order valence-corrected chi connectivity index (χ0v) is 14.4. The van der Waals surface area contributed by atoms with Gasteiger partial charge in [0.25, 0.3) is 0 Å². The van der Waals surface area contributed by atoms with Crippen molar-refractivity contribution < 1.29 is 19.0 Å². The first-order valence-corrected chi connectivity index (χ1v) is 8.48. The quantitative estimate of drug-likeness (QED) is 0.763. The zero-order chi connectivity index (χ0) is 18.0. The summed E-state index contributed by atoms with van der Waals surface area (Å²) < 4.78 is 19.9. The third kappa shape index (κ3) is 3.92. The van der Waals surface area contributed by atoms with E-state index in [1.807, 2.05) is 12.1 Å². The Labute approximate surface area is 146 Å². The van der Waals surface area contributed by atoms with Crippen LogP contribution in [0.1, 0.15) is 30.9 Å². The molecular weight excluding hydrogens is 321 g/mol. The van der Waals surface area contributed by atoms with Crippen molar-refractivity contribution >= 4 is 11.7 Å². The summed E-state index contributed by atoms with van der Waals surface area (Å²) in [5.41, 5.74) is 4.85. The molecule has 1 aliphatic heterocycles. The highest BCUT2D eigenvalue weighted by molar-refractivity contribution is 5.73. The molecule has 132 valence electrons. The van der Waals surface area contributed by atoms with Crippen molar-refractivity contribution in [2.45, 2.75) is 39.2 Å². The molecule has 0 spiro atoms. The van der Waals surface area contributed by atoms with E-state index in [0.29, 0.717) is 18.0 Å². The maximum atomic E-state index is 14.5. The molecule has 25 heavy (non-hydrogen) atoms. The molecule has 2 aromatic rings. The first kappa shape index (κ1) is 17.3. The predicted octanol–water partition coefficient (Wildman–Crippen LogP) is 4.40. The van der Waals surface area contributed by atoms with E-state index in [1.165, 1.54) is 11.6 Å². The van der Waals surface area contributed by atoms with Crippen molar-refractivity contribution in [2.75, 3.05) is 11.9 Å². The van der Waals surface area contributed by atoms with Crippen LogP contribution in [0.5, 0.6) is 5.75 Å². The Morgan fingerprint density at radius 2 is 2.12 bits per heavy atom. The summed E-state index contributed by atoms with van der Waals surface area (Å²) in [5.74, 6) is -1.11. The Balaban J connectivity index is 1.78. The fourth-order valence-electron chi connectivity index (χ4n) is 3.19. The topological polar surface area (TPSA) is 58.6 Å². The van der Waals surface area contributed by atoms with Crippen molar-refractivity contribution in [3.8, 4) is 16.9 Å². The van der Waals surface area contributed by atoms with Crippen LogP contribution < -0.4 is 10.1 Å². The van der Waals surface area contributed by atoms with Crippen LogP contribution in [0.3, 0.4) is 0 Å². The maximum absolute atomic E-state index is 14.5. The fraction of sp³-hybridized carbons (Fsp3) is 0.350. The van der Waals surface area contributed by atoms with Gasteiger partial charge in [-0.3, -0.25) is 4.79 Å². The van der Waals surface area contributed by atoms with E-state index in [2.05, 4.69) is 24.4 Å². The van der Waals surface area contributed by atoms with Gasteiger partial charge in [-0.05, 0) is 67.1 Å². The van der Waals surface area contributed by atoms with E-state index >= 15 is 0 Å². The van der Waals surface area contributed by atoms with Crippen LogP contribution in [0.4, 0.5) is 10.1 Å². The lowest BCUT2D eigenvalue weighted by atomic mass is 10.00. The molecule has 0 bridgehead atoms. The van der Waals surface area contributed by atoms with Crippen LogP contribution in [0.15, 0.2) is 30.3 Å². The number of benzene rings is 2. The summed E-state index contributed by atoms with van der Waals surface area (Å²) >= 11 is 0. The predicted molar refractivity (Wildman–Crippen MR) is 95.7 cm³/mol. The van der Waals surface area contributed by atoms with Crippen LogP contribution in [-0.2, 0) is 11.2 Å². The van der Waals surface area contributed by atoms with Gasteiger partial charge in [-0.1, -0.05) is 12.1 Å². The van der Waals surface area contributed by atoms with Gasteiger partial charge in [0.05, 0.1) is 6.61 Å². The summed E-state index contributed by atoms with van der Waals surface area (Å²) in [5, 5.41) is 12.1. The van der Waals surface area contributed by atoms with Gasteiger partial charge in [0.1, 0.15) is 0 Å². The van der Waals surface area contributed by atoms with Gasteiger partial charge in [0, 0.05) is 18.2 Å². The minimum absolute atomic E-state index is 0.0132. The van der Waals surface area contributed by atoms with Gasteiger partial charge in [0.2, 0.25) is 0 Å². The largest absolute Gasteiger partial charge is 0.490 e. The summed E-state index contributed by atoms with van der Waals surface area (Å²) in [7, 11) is 0. The summed E-state index contributed by atoms with van der Waals surface area (Å²) in [6, 6.07) is 9.95. The molecule has 4 nitrogen and oxygen atoms in total. The van der Waals surface area contributed by atoms with E-state index in [1.54, 1.807) is 6.92 Å². The molecule has 0 radical (unpaired) electrons. The Morgan fingerprint density at radius 3 is 2.84 bits per heavy atom. The maximum Gasteiger partial charge on any atom is 0.303 e. The number of anilines is 1. The van der Waals surface area contributed by atoms with Crippen LogP contribution >= 0.6 is 0 Å². The first-order chi connectivity index (χ1) is 11.9. The van der Waals surface area contributed by atoms with Gasteiger partial charge in [-0.15, -0.1) is 0 Å². The average molecular weight is 343 g/mol. The number of aliphatic carboxylic acids is 1. The number of ether oxygens (including phenoxy) is 1. The van der Waals surface area contributed by atoms with Crippen LogP contribution in [0.25, 0.3) is 11.1 Å². The van der Waals surface area contributed by atoms with E-state index in [9.17, 15) is 9.18 Å². The van der Waals surface area contributed by atoms with Gasteiger partial charge in [0.15, 0.2) is 11.6 Å². The normalized spacial score (nSPS) is 15.6. The summed E-state index contributed by atoms with van der Waals surface area (Å²) in [6.07, 6.45) is 1.37. The Kier molecular flexibility index (Phi) is 4.93. The standard InChI is InChI=1S/C20H22FNO3/c1-12-8-16(10-17(21)20(12)25-7-3-4-19(23)24)14-5-6-15-9-13(2)22-18(15)11-14/h5-6,8,10-11,13,22H,3-4,7,9H2,1-2H3,(H,23,24). The lowest BCUT2D eigenvalue weighted by Crippen LogP contribution is -2.08. The molecule has 0 amide bonds. The molecule has 1 atom stereocenters. The molecular formula is C20H22FNO3. The highest BCUT2D eigenvalue weighted by atomic mass is 19.1. The van der Waals surface area contributed by atoms with E-state index in [4.69, 9.17) is 9.84 Å². The minimum atomic E-state index is -0.879. The molecule has 1 aliphatic rings. The second-order valence-corrected chi connectivity index (χ2v) is 6.57. The van der Waals surface area contributed by atoms with Crippen LogP contribution in [0, 0.1) is 12.7 Å². The molecule has 5 heteroatoms. The second kappa shape index (κ2) is 7.13. The van der Waals surface area contributed by atoms with Gasteiger partial charge in [-0.25, -0.2) is 4.39 Å². The molecule has 0 aliphatic carbocycles. The average Bonchev–Trinajstić information content (AvgIpc) is 2.92.